The van der Waals surface area contributed by atoms with Crippen molar-refractivity contribution in [2.45, 2.75) is 20.3 Å². The maximum atomic E-state index is 6.03. The summed E-state index contributed by atoms with van der Waals surface area (Å²) in [4.78, 5) is 17.3. The van der Waals surface area contributed by atoms with Crippen LogP contribution in [0.2, 0.25) is 0 Å². The fourth-order valence-electron chi connectivity index (χ4n) is 4.32. The number of nitrogens with one attached hydrogen (secondary N) is 1. The van der Waals surface area contributed by atoms with Gasteiger partial charge < -0.3 is 29.2 Å². The van der Waals surface area contributed by atoms with Crippen LogP contribution in [0.4, 0.5) is 17.6 Å². The molecule has 1 saturated heterocycles. The van der Waals surface area contributed by atoms with Crippen molar-refractivity contribution in [3.63, 3.8) is 0 Å². The fourth-order valence-corrected chi connectivity index (χ4v) is 5.37. The molecule has 37 heavy (non-hydrogen) atoms. The van der Waals surface area contributed by atoms with Crippen molar-refractivity contribution in [1.29, 1.82) is 0 Å². The first-order valence-electron chi connectivity index (χ1n) is 12.2. The van der Waals surface area contributed by atoms with Gasteiger partial charge in [0.2, 0.25) is 11.9 Å². The summed E-state index contributed by atoms with van der Waals surface area (Å²) in [5.74, 6) is 2.40. The summed E-state index contributed by atoms with van der Waals surface area (Å²) in [6.45, 7) is 7.36. The number of benzene rings is 2. The highest BCUT2D eigenvalue weighted by Gasteiger charge is 2.18. The number of thiophene rings is 1. The molecule has 0 unspecified atom stereocenters. The molecule has 5 rings (SSSR count). The number of fused-ring (bicyclic) bond motifs is 1. The van der Waals surface area contributed by atoms with Gasteiger partial charge in [-0.2, -0.15) is 15.0 Å². The zero-order valence-electron chi connectivity index (χ0n) is 21.5. The van der Waals surface area contributed by atoms with Gasteiger partial charge in [-0.15, -0.1) is 11.3 Å². The minimum Gasteiger partial charge on any atom is -0.493 e. The number of hydrogen-bond acceptors (Lipinski definition) is 10. The number of aromatic nitrogens is 3. The van der Waals surface area contributed by atoms with Gasteiger partial charge >= 0.3 is 6.01 Å². The molecule has 0 bridgehead atoms. The van der Waals surface area contributed by atoms with Gasteiger partial charge in [0.25, 0.3) is 0 Å². The van der Waals surface area contributed by atoms with Crippen LogP contribution in [0.1, 0.15) is 16.0 Å². The SMILES string of the molecule is COc1cccc(CCOc2nc(Nc3ccc4sc(C)c(C)c4c3)nc(N3CCOCC3)n2)c1OC. The summed E-state index contributed by atoms with van der Waals surface area (Å²) in [6.07, 6.45) is 0.606. The predicted molar refractivity (Wildman–Crippen MR) is 146 cm³/mol. The Morgan fingerprint density at radius 2 is 1.86 bits per heavy atom. The van der Waals surface area contributed by atoms with Crippen molar-refractivity contribution in [3.8, 4) is 17.5 Å². The van der Waals surface area contributed by atoms with E-state index in [1.807, 2.05) is 24.3 Å². The molecule has 10 heteroatoms. The number of ether oxygens (including phenoxy) is 4. The van der Waals surface area contributed by atoms with E-state index in [-0.39, 0.29) is 6.01 Å². The first kappa shape index (κ1) is 25.0. The van der Waals surface area contributed by atoms with Crippen LogP contribution in [0, 0.1) is 13.8 Å². The van der Waals surface area contributed by atoms with Crippen LogP contribution < -0.4 is 24.4 Å². The number of nitrogens with zero attached hydrogens (tertiary/aromatic N) is 4. The van der Waals surface area contributed by atoms with E-state index < -0.39 is 0 Å². The Balaban J connectivity index is 1.38. The van der Waals surface area contributed by atoms with Crippen molar-refractivity contribution in [1.82, 2.24) is 15.0 Å². The lowest BCUT2D eigenvalue weighted by atomic mass is 10.1. The van der Waals surface area contributed by atoms with Crippen LogP contribution >= 0.6 is 11.3 Å². The van der Waals surface area contributed by atoms with E-state index in [9.17, 15) is 0 Å². The number of para-hydroxylation sites is 1. The summed E-state index contributed by atoms with van der Waals surface area (Å²) >= 11 is 1.81. The second-order valence-corrected chi connectivity index (χ2v) is 9.97. The minimum absolute atomic E-state index is 0.268. The Morgan fingerprint density at radius 3 is 2.65 bits per heavy atom. The van der Waals surface area contributed by atoms with Crippen molar-refractivity contribution < 1.29 is 18.9 Å². The largest absolute Gasteiger partial charge is 0.493 e. The van der Waals surface area contributed by atoms with E-state index in [2.05, 4.69) is 46.2 Å². The van der Waals surface area contributed by atoms with Crippen molar-refractivity contribution in [3.05, 3.63) is 52.4 Å². The maximum absolute atomic E-state index is 6.03. The van der Waals surface area contributed by atoms with Crippen LogP contribution in [-0.4, -0.2) is 62.1 Å². The number of anilines is 3. The lowest BCUT2D eigenvalue weighted by Gasteiger charge is -2.27. The lowest BCUT2D eigenvalue weighted by molar-refractivity contribution is 0.122. The van der Waals surface area contributed by atoms with E-state index in [0.29, 0.717) is 62.7 Å². The topological polar surface area (TPSA) is 90.9 Å². The van der Waals surface area contributed by atoms with Gasteiger partial charge in [-0.25, -0.2) is 0 Å². The van der Waals surface area contributed by atoms with Gasteiger partial charge in [0.15, 0.2) is 11.5 Å². The van der Waals surface area contributed by atoms with Crippen LogP contribution in [0.25, 0.3) is 10.1 Å². The van der Waals surface area contributed by atoms with E-state index >= 15 is 0 Å². The summed E-state index contributed by atoms with van der Waals surface area (Å²) in [5, 5.41) is 4.60. The molecule has 194 valence electrons. The monoisotopic (exact) mass is 521 g/mol. The summed E-state index contributed by atoms with van der Waals surface area (Å²) in [6, 6.07) is 12.4. The molecule has 1 fully saturated rings. The number of aryl methyl sites for hydroxylation is 2. The van der Waals surface area contributed by atoms with Gasteiger partial charge in [0.05, 0.1) is 34.0 Å². The average molecular weight is 522 g/mol. The van der Waals surface area contributed by atoms with Gasteiger partial charge in [-0.05, 0) is 49.1 Å². The second-order valence-electron chi connectivity index (χ2n) is 8.71. The third-order valence-corrected chi connectivity index (χ3v) is 7.60. The van der Waals surface area contributed by atoms with Gasteiger partial charge in [0.1, 0.15) is 0 Å². The van der Waals surface area contributed by atoms with Crippen LogP contribution in [0.5, 0.6) is 17.5 Å². The molecule has 2 aromatic heterocycles. The first-order valence-corrected chi connectivity index (χ1v) is 13.1. The van der Waals surface area contributed by atoms with Gasteiger partial charge in [0, 0.05) is 40.3 Å². The van der Waals surface area contributed by atoms with Crippen LogP contribution in [0.15, 0.2) is 36.4 Å². The van der Waals surface area contributed by atoms with E-state index in [1.165, 1.54) is 20.5 Å². The molecule has 0 spiro atoms. The zero-order chi connectivity index (χ0) is 25.8. The molecule has 4 aromatic rings. The molecule has 2 aromatic carbocycles. The molecule has 0 atom stereocenters. The Hall–Kier alpha value is -3.63. The molecule has 1 N–H and O–H groups in total. The number of methoxy groups -OCH3 is 2. The number of rotatable bonds is 9. The van der Waals surface area contributed by atoms with E-state index in [0.717, 1.165) is 11.3 Å². The second kappa shape index (κ2) is 11.2. The molecule has 0 aliphatic carbocycles. The Kier molecular flexibility index (Phi) is 7.57. The quantitative estimate of drug-likeness (QED) is 0.329. The van der Waals surface area contributed by atoms with Crippen LogP contribution in [0.3, 0.4) is 0 Å². The highest BCUT2D eigenvalue weighted by Crippen LogP contribution is 2.33. The molecule has 1 aliphatic heterocycles. The molecule has 1 aliphatic rings. The molecule has 0 amide bonds. The fraction of sp³-hybridized carbons (Fsp3) is 0.370. The summed E-state index contributed by atoms with van der Waals surface area (Å²) in [7, 11) is 3.26. The Labute approximate surface area is 220 Å². The van der Waals surface area contributed by atoms with Crippen molar-refractivity contribution >= 4 is 39.0 Å². The summed E-state index contributed by atoms with van der Waals surface area (Å²) < 4.78 is 23.8. The molecule has 0 radical (unpaired) electrons. The first-order chi connectivity index (χ1) is 18.1. The highest BCUT2D eigenvalue weighted by atomic mass is 32.1. The number of morpholine rings is 1. The predicted octanol–water partition coefficient (Wildman–Crippen LogP) is 4.92. The molecule has 3 heterocycles. The third-order valence-electron chi connectivity index (χ3n) is 6.41. The van der Waals surface area contributed by atoms with Crippen LogP contribution in [-0.2, 0) is 11.2 Å². The molecular formula is C27H31N5O4S. The minimum atomic E-state index is 0.268. The Bertz CT molecular complexity index is 1390. The van der Waals surface area contributed by atoms with E-state index in [4.69, 9.17) is 23.9 Å². The maximum Gasteiger partial charge on any atom is 0.323 e. The van der Waals surface area contributed by atoms with Gasteiger partial charge in [-0.3, -0.25) is 0 Å². The molecule has 9 nitrogen and oxygen atoms in total. The highest BCUT2D eigenvalue weighted by molar-refractivity contribution is 7.19. The molecular weight excluding hydrogens is 490 g/mol. The van der Waals surface area contributed by atoms with E-state index in [1.54, 1.807) is 25.6 Å². The van der Waals surface area contributed by atoms with Crippen molar-refractivity contribution in [2.75, 3.05) is 57.3 Å². The normalized spacial score (nSPS) is 13.6. The smallest absolute Gasteiger partial charge is 0.323 e. The van der Waals surface area contributed by atoms with Crippen molar-refractivity contribution in [2.24, 2.45) is 0 Å². The molecule has 0 saturated carbocycles. The standard InChI is InChI=1S/C27H31N5O4S/c1-17-18(2)37-23-9-8-20(16-21(17)23)28-25-29-26(32-11-14-35-15-12-32)31-27(30-25)36-13-10-19-6-5-7-22(33-3)24(19)34-4/h5-9,16H,10-15H2,1-4H3,(H,28,29,30,31). The Morgan fingerprint density at radius 1 is 1.03 bits per heavy atom. The lowest BCUT2D eigenvalue weighted by Crippen LogP contribution is -2.37. The zero-order valence-corrected chi connectivity index (χ0v) is 22.4. The summed E-state index contributed by atoms with van der Waals surface area (Å²) in [5.41, 5.74) is 3.20. The average Bonchev–Trinajstić information content (AvgIpc) is 3.21. The third kappa shape index (κ3) is 5.55. The number of hydrogen-bond donors (Lipinski definition) is 1. The van der Waals surface area contributed by atoms with Gasteiger partial charge in [-0.1, -0.05) is 12.1 Å².